The molecule has 4 aromatic heterocycles. The summed E-state index contributed by atoms with van der Waals surface area (Å²) in [5, 5.41) is 2.50. The predicted octanol–water partition coefficient (Wildman–Crippen LogP) is 2.47. The van der Waals surface area contributed by atoms with Crippen LogP contribution in [-0.4, -0.2) is 45.2 Å². The number of thiazole rings is 1. The molecule has 0 bridgehead atoms. The van der Waals surface area contributed by atoms with Gasteiger partial charge in [0.05, 0.1) is 28.5 Å². The quantitative estimate of drug-likeness (QED) is 0.401. The van der Waals surface area contributed by atoms with Gasteiger partial charge in [0.15, 0.2) is 5.22 Å². The molecule has 1 N–H and O–H groups in total. The van der Waals surface area contributed by atoms with Gasteiger partial charge in [0, 0.05) is 43.5 Å². The van der Waals surface area contributed by atoms with E-state index in [1.54, 1.807) is 19.2 Å². The summed E-state index contributed by atoms with van der Waals surface area (Å²) in [7, 11) is -0.325. The second kappa shape index (κ2) is 8.66. The van der Waals surface area contributed by atoms with Gasteiger partial charge < -0.3 is 8.98 Å². The first-order valence-corrected chi connectivity index (χ1v) is 14.7. The number of hydrogen-bond acceptors (Lipinski definition) is 8. The van der Waals surface area contributed by atoms with Gasteiger partial charge in [-0.15, -0.1) is 23.1 Å². The van der Waals surface area contributed by atoms with Crippen molar-refractivity contribution in [1.82, 2.24) is 23.4 Å². The zero-order chi connectivity index (χ0) is 25.2. The van der Waals surface area contributed by atoms with Crippen LogP contribution in [0, 0.1) is 6.92 Å². The van der Waals surface area contributed by atoms with Gasteiger partial charge in [-0.1, -0.05) is 0 Å². The Morgan fingerprint density at radius 2 is 2.00 bits per heavy atom. The summed E-state index contributed by atoms with van der Waals surface area (Å²) in [5.41, 5.74) is 1.77. The summed E-state index contributed by atoms with van der Waals surface area (Å²) in [6.07, 6.45) is 1.11. The molecule has 4 aromatic rings. The lowest BCUT2D eigenvalue weighted by molar-refractivity contribution is 0.504. The number of hydrogen-bond donors (Lipinski definition) is 1. The number of fused-ring (bicyclic) bond motifs is 3. The maximum Gasteiger partial charge on any atom is 0.331 e. The molecule has 0 unspecified atom stereocenters. The third-order valence-corrected chi connectivity index (χ3v) is 9.20. The minimum Gasteiger partial charge on any atom is -0.448 e. The summed E-state index contributed by atoms with van der Waals surface area (Å²) in [6, 6.07) is 3.39. The summed E-state index contributed by atoms with van der Waals surface area (Å²) in [5.74, 6) is 0.541. The van der Waals surface area contributed by atoms with Crippen molar-refractivity contribution in [2.24, 2.45) is 14.1 Å². The van der Waals surface area contributed by atoms with Crippen molar-refractivity contribution >= 4 is 55.6 Å². The number of furan rings is 1. The maximum atomic E-state index is 13.5. The highest BCUT2D eigenvalue weighted by Gasteiger charge is 2.38. The number of rotatable bonds is 5. The lowest BCUT2D eigenvalue weighted by Crippen LogP contribution is -2.37. The highest BCUT2D eigenvalue weighted by atomic mass is 35.5. The number of aryl methyl sites for hydroxylation is 2. The summed E-state index contributed by atoms with van der Waals surface area (Å²) in [4.78, 5) is 31.1. The highest BCUT2D eigenvalue weighted by Crippen LogP contribution is 2.49. The van der Waals surface area contributed by atoms with Crippen LogP contribution < -0.4 is 16.0 Å². The molecule has 0 amide bonds. The van der Waals surface area contributed by atoms with E-state index in [0.29, 0.717) is 39.6 Å². The molecule has 14 heteroatoms. The van der Waals surface area contributed by atoms with Crippen molar-refractivity contribution in [2.75, 3.05) is 12.8 Å². The van der Waals surface area contributed by atoms with Gasteiger partial charge in [-0.25, -0.2) is 22.9 Å². The first-order valence-electron chi connectivity index (χ1n) is 10.6. The maximum absolute atomic E-state index is 13.5. The average Bonchev–Trinajstić information content (AvgIpc) is 3.50. The summed E-state index contributed by atoms with van der Waals surface area (Å²) < 4.78 is 36.5. The average molecular weight is 556 g/mol. The van der Waals surface area contributed by atoms with Gasteiger partial charge >= 0.3 is 5.69 Å². The van der Waals surface area contributed by atoms with Crippen molar-refractivity contribution < 1.29 is 12.8 Å². The van der Waals surface area contributed by atoms with E-state index in [4.69, 9.17) is 16.0 Å². The Morgan fingerprint density at radius 3 is 2.60 bits per heavy atom. The van der Waals surface area contributed by atoms with Gasteiger partial charge in [0.2, 0.25) is 10.0 Å². The molecule has 1 aliphatic heterocycles. The van der Waals surface area contributed by atoms with E-state index < -0.39 is 26.5 Å². The van der Waals surface area contributed by atoms with E-state index >= 15 is 0 Å². The van der Waals surface area contributed by atoms with Gasteiger partial charge in [0.25, 0.3) is 5.56 Å². The molecule has 5 heterocycles. The fourth-order valence-corrected chi connectivity index (χ4v) is 7.46. The van der Waals surface area contributed by atoms with Crippen LogP contribution in [0.15, 0.2) is 31.5 Å². The Labute approximate surface area is 213 Å². The number of nitrogens with one attached hydrogen (secondary N) is 1. The van der Waals surface area contributed by atoms with Gasteiger partial charge in [-0.3, -0.25) is 13.9 Å². The van der Waals surface area contributed by atoms with Crippen molar-refractivity contribution in [3.05, 3.63) is 60.7 Å². The molecule has 35 heavy (non-hydrogen) atoms. The Balaban J connectivity index is 1.86. The van der Waals surface area contributed by atoms with Crippen LogP contribution in [0.25, 0.3) is 21.6 Å². The van der Waals surface area contributed by atoms with Crippen molar-refractivity contribution in [2.45, 2.75) is 24.0 Å². The first kappa shape index (κ1) is 24.4. The van der Waals surface area contributed by atoms with E-state index in [1.807, 2.05) is 16.9 Å². The highest BCUT2D eigenvalue weighted by molar-refractivity contribution is 8.00. The molecule has 0 radical (unpaired) electrons. The van der Waals surface area contributed by atoms with Crippen LogP contribution >= 0.6 is 34.7 Å². The second-order valence-corrected chi connectivity index (χ2v) is 12.9. The van der Waals surface area contributed by atoms with E-state index in [0.717, 1.165) is 16.5 Å². The molecule has 0 saturated carbocycles. The van der Waals surface area contributed by atoms with E-state index in [1.165, 1.54) is 34.7 Å². The van der Waals surface area contributed by atoms with Crippen LogP contribution in [0.3, 0.4) is 0 Å². The Hall–Kier alpha value is -2.32. The van der Waals surface area contributed by atoms with E-state index in [-0.39, 0.29) is 17.0 Å². The topological polar surface area (TPSA) is 121 Å². The predicted molar refractivity (Wildman–Crippen MR) is 138 cm³/mol. The molecular formula is C21H22ClN5O5S3. The first-order chi connectivity index (χ1) is 16.5. The SMILES string of the molecule is Cc1csc(-c2c3c(=O)n(C)c(=O)n(C)c3c3n2C[C@H](CNS(C)(=O)=O)S[C@H]3c2ccc(Cl)o2)n1. The van der Waals surface area contributed by atoms with Crippen LogP contribution in [-0.2, 0) is 30.7 Å². The minimum atomic E-state index is -3.41. The third-order valence-electron chi connectivity index (χ3n) is 5.91. The van der Waals surface area contributed by atoms with Crippen LogP contribution in [0.4, 0.5) is 0 Å². The number of sulfonamides is 1. The van der Waals surface area contributed by atoms with Crippen molar-refractivity contribution in [3.8, 4) is 10.7 Å². The molecule has 10 nitrogen and oxygen atoms in total. The molecule has 2 atom stereocenters. The molecule has 0 saturated heterocycles. The normalized spacial score (nSPS) is 18.3. The Morgan fingerprint density at radius 1 is 1.26 bits per heavy atom. The smallest absolute Gasteiger partial charge is 0.331 e. The summed E-state index contributed by atoms with van der Waals surface area (Å²) >= 11 is 9.00. The van der Waals surface area contributed by atoms with E-state index in [9.17, 15) is 18.0 Å². The Kier molecular flexibility index (Phi) is 6.03. The molecule has 0 aromatic carbocycles. The largest absolute Gasteiger partial charge is 0.448 e. The van der Waals surface area contributed by atoms with Crippen LogP contribution in [0.5, 0.6) is 0 Å². The molecule has 5 rings (SSSR count). The number of thioether (sulfide) groups is 1. The molecule has 0 fully saturated rings. The number of nitrogens with zero attached hydrogens (tertiary/aromatic N) is 4. The van der Waals surface area contributed by atoms with E-state index in [2.05, 4.69) is 9.71 Å². The standard InChI is InChI=1S/C21H22ClN5O5S3/c1-10-9-33-19(24-10)16-14-15(25(2)21(29)26(3)20(14)28)17-18(12-5-6-13(22)32-12)34-11(8-27(16)17)7-23-35(4,30)31/h5-6,9,11,18,23H,7-8H2,1-4H3/t11-,18-/m0/s1. The monoisotopic (exact) mass is 555 g/mol. The fourth-order valence-electron chi connectivity index (χ4n) is 4.41. The van der Waals surface area contributed by atoms with Crippen molar-refractivity contribution in [1.29, 1.82) is 0 Å². The zero-order valence-corrected chi connectivity index (χ0v) is 22.4. The second-order valence-electron chi connectivity index (χ2n) is 8.47. The lowest BCUT2D eigenvalue weighted by atomic mass is 10.2. The van der Waals surface area contributed by atoms with Gasteiger partial charge in [-0.2, -0.15) is 0 Å². The molecule has 186 valence electrons. The molecular weight excluding hydrogens is 534 g/mol. The van der Waals surface area contributed by atoms with Gasteiger partial charge in [0.1, 0.15) is 16.0 Å². The van der Waals surface area contributed by atoms with Crippen LogP contribution in [0.1, 0.15) is 22.4 Å². The molecule has 0 spiro atoms. The minimum absolute atomic E-state index is 0.176. The lowest BCUT2D eigenvalue weighted by Gasteiger charge is -2.31. The fraction of sp³-hybridized carbons (Fsp3) is 0.381. The molecule has 0 aliphatic carbocycles. The number of aromatic nitrogens is 4. The Bertz CT molecular complexity index is 1690. The summed E-state index contributed by atoms with van der Waals surface area (Å²) in [6.45, 7) is 2.45. The van der Waals surface area contributed by atoms with Crippen molar-refractivity contribution in [3.63, 3.8) is 0 Å². The number of halogens is 1. The van der Waals surface area contributed by atoms with Crippen LogP contribution in [0.2, 0.25) is 5.22 Å². The van der Waals surface area contributed by atoms with Gasteiger partial charge in [-0.05, 0) is 30.7 Å². The third kappa shape index (κ3) is 4.18. The molecule has 1 aliphatic rings. The zero-order valence-electron chi connectivity index (χ0n) is 19.2.